The van der Waals surface area contributed by atoms with E-state index in [9.17, 15) is 8.78 Å². The first-order chi connectivity index (χ1) is 6.09. The molecule has 0 heterocycles. The van der Waals surface area contributed by atoms with Crippen molar-refractivity contribution in [2.75, 3.05) is 0 Å². The van der Waals surface area contributed by atoms with Crippen LogP contribution in [0, 0.1) is 11.6 Å². The van der Waals surface area contributed by atoms with Crippen molar-refractivity contribution >= 4 is 0 Å². The van der Waals surface area contributed by atoms with Crippen molar-refractivity contribution in [3.05, 3.63) is 35.4 Å². The van der Waals surface area contributed by atoms with Gasteiger partial charge in [-0.15, -0.1) is 0 Å². The second-order valence-electron chi connectivity index (χ2n) is 3.26. The lowest BCUT2D eigenvalue weighted by Gasteiger charge is -2.04. The Morgan fingerprint density at radius 2 is 2.00 bits per heavy atom. The lowest BCUT2D eigenvalue weighted by atomic mass is 10.1. The highest BCUT2D eigenvalue weighted by molar-refractivity contribution is 5.17. The van der Waals surface area contributed by atoms with Crippen molar-refractivity contribution in [1.82, 2.24) is 0 Å². The van der Waals surface area contributed by atoms with Crippen LogP contribution in [0.2, 0.25) is 0 Å². The summed E-state index contributed by atoms with van der Waals surface area (Å²) in [4.78, 5) is 0. The fourth-order valence-corrected chi connectivity index (χ4v) is 1.09. The molecule has 13 heavy (non-hydrogen) atoms. The number of aryl methyl sites for hydroxylation is 1. The van der Waals surface area contributed by atoms with Gasteiger partial charge in [0.05, 0.1) is 0 Å². The van der Waals surface area contributed by atoms with Crippen LogP contribution < -0.4 is 5.73 Å². The first kappa shape index (κ1) is 10.1. The Bertz CT molecular complexity index is 284. The monoisotopic (exact) mass is 185 g/mol. The first-order valence-corrected chi connectivity index (χ1v) is 4.29. The van der Waals surface area contributed by atoms with E-state index in [-0.39, 0.29) is 6.04 Å². The molecule has 1 atom stereocenters. The molecule has 0 aliphatic carbocycles. The van der Waals surface area contributed by atoms with E-state index in [1.165, 1.54) is 6.07 Å². The fourth-order valence-electron chi connectivity index (χ4n) is 1.09. The van der Waals surface area contributed by atoms with Gasteiger partial charge in [0.15, 0.2) is 11.6 Å². The van der Waals surface area contributed by atoms with Crippen LogP contribution >= 0.6 is 0 Å². The van der Waals surface area contributed by atoms with E-state index in [2.05, 4.69) is 0 Å². The van der Waals surface area contributed by atoms with Crippen LogP contribution in [0.15, 0.2) is 18.2 Å². The molecule has 1 rings (SSSR count). The highest BCUT2D eigenvalue weighted by Crippen LogP contribution is 2.10. The van der Waals surface area contributed by atoms with Gasteiger partial charge in [0, 0.05) is 6.04 Å². The van der Waals surface area contributed by atoms with E-state index in [1.54, 1.807) is 6.07 Å². The lowest BCUT2D eigenvalue weighted by Crippen LogP contribution is -2.15. The molecule has 0 fully saturated rings. The van der Waals surface area contributed by atoms with E-state index < -0.39 is 11.6 Å². The largest absolute Gasteiger partial charge is 0.328 e. The molecule has 2 N–H and O–H groups in total. The number of nitrogens with two attached hydrogens (primary N) is 1. The van der Waals surface area contributed by atoms with Crippen LogP contribution in [-0.2, 0) is 6.42 Å². The fraction of sp³-hybridized carbons (Fsp3) is 0.400. The zero-order chi connectivity index (χ0) is 9.84. The normalized spacial score (nSPS) is 12.9. The Labute approximate surface area is 76.6 Å². The molecular formula is C10H13F2N. The Balaban J connectivity index is 2.63. The Morgan fingerprint density at radius 1 is 1.31 bits per heavy atom. The van der Waals surface area contributed by atoms with E-state index in [0.717, 1.165) is 18.1 Å². The van der Waals surface area contributed by atoms with Crippen molar-refractivity contribution in [3.8, 4) is 0 Å². The predicted octanol–water partition coefficient (Wildman–Crippen LogP) is 2.24. The molecule has 0 aromatic heterocycles. The average molecular weight is 185 g/mol. The summed E-state index contributed by atoms with van der Waals surface area (Å²) < 4.78 is 25.2. The second-order valence-corrected chi connectivity index (χ2v) is 3.26. The summed E-state index contributed by atoms with van der Waals surface area (Å²) in [5.74, 6) is -1.59. The standard InChI is InChI=1S/C10H13F2N/c1-7(13)2-3-8-4-5-9(11)10(12)6-8/h4-7H,2-3,13H2,1H3. The predicted molar refractivity (Wildman–Crippen MR) is 48.3 cm³/mol. The van der Waals surface area contributed by atoms with Crippen LogP contribution in [0.1, 0.15) is 18.9 Å². The van der Waals surface area contributed by atoms with Crippen molar-refractivity contribution < 1.29 is 8.78 Å². The summed E-state index contributed by atoms with van der Waals surface area (Å²) >= 11 is 0. The Hall–Kier alpha value is -0.960. The summed E-state index contributed by atoms with van der Waals surface area (Å²) in [5.41, 5.74) is 6.33. The molecule has 3 heteroatoms. The van der Waals surface area contributed by atoms with Crippen LogP contribution in [0.25, 0.3) is 0 Å². The molecule has 1 nitrogen and oxygen atoms in total. The van der Waals surface area contributed by atoms with Crippen molar-refractivity contribution in [3.63, 3.8) is 0 Å². The quantitative estimate of drug-likeness (QED) is 0.767. The molecular weight excluding hydrogens is 172 g/mol. The molecule has 0 amide bonds. The topological polar surface area (TPSA) is 26.0 Å². The van der Waals surface area contributed by atoms with Gasteiger partial charge < -0.3 is 5.73 Å². The van der Waals surface area contributed by atoms with Gasteiger partial charge in [-0.2, -0.15) is 0 Å². The molecule has 0 saturated heterocycles. The smallest absolute Gasteiger partial charge is 0.159 e. The third-order valence-electron chi connectivity index (χ3n) is 1.87. The van der Waals surface area contributed by atoms with Gasteiger partial charge in [-0.05, 0) is 37.5 Å². The van der Waals surface area contributed by atoms with Gasteiger partial charge in [-0.1, -0.05) is 6.07 Å². The molecule has 0 aliphatic rings. The zero-order valence-corrected chi connectivity index (χ0v) is 7.56. The Kier molecular flexibility index (Phi) is 3.37. The molecule has 1 unspecified atom stereocenters. The number of rotatable bonds is 3. The van der Waals surface area contributed by atoms with Gasteiger partial charge in [0.25, 0.3) is 0 Å². The summed E-state index contributed by atoms with van der Waals surface area (Å²) in [5, 5.41) is 0. The van der Waals surface area contributed by atoms with Gasteiger partial charge in [0.2, 0.25) is 0 Å². The minimum absolute atomic E-state index is 0.0908. The maximum absolute atomic E-state index is 12.7. The van der Waals surface area contributed by atoms with Gasteiger partial charge in [-0.25, -0.2) is 8.78 Å². The third kappa shape index (κ3) is 3.11. The molecule has 72 valence electrons. The van der Waals surface area contributed by atoms with Crippen molar-refractivity contribution in [2.45, 2.75) is 25.8 Å². The van der Waals surface area contributed by atoms with Crippen molar-refractivity contribution in [1.29, 1.82) is 0 Å². The summed E-state index contributed by atoms with van der Waals surface area (Å²) in [6.07, 6.45) is 1.47. The molecule has 0 bridgehead atoms. The maximum atomic E-state index is 12.7. The molecule has 1 aromatic rings. The van der Waals surface area contributed by atoms with E-state index in [1.807, 2.05) is 6.92 Å². The van der Waals surface area contributed by atoms with Gasteiger partial charge in [-0.3, -0.25) is 0 Å². The minimum Gasteiger partial charge on any atom is -0.328 e. The van der Waals surface area contributed by atoms with Gasteiger partial charge in [0.1, 0.15) is 0 Å². The maximum Gasteiger partial charge on any atom is 0.159 e. The number of hydrogen-bond donors (Lipinski definition) is 1. The SMILES string of the molecule is CC(N)CCc1ccc(F)c(F)c1. The van der Waals surface area contributed by atoms with Crippen LogP contribution in [0.5, 0.6) is 0 Å². The number of benzene rings is 1. The number of halogens is 2. The summed E-state index contributed by atoms with van der Waals surface area (Å²) in [7, 11) is 0. The summed E-state index contributed by atoms with van der Waals surface area (Å²) in [6.45, 7) is 1.89. The Morgan fingerprint density at radius 3 is 2.54 bits per heavy atom. The van der Waals surface area contributed by atoms with Crippen LogP contribution in [-0.4, -0.2) is 6.04 Å². The molecule has 0 aliphatic heterocycles. The van der Waals surface area contributed by atoms with E-state index >= 15 is 0 Å². The number of hydrogen-bond acceptors (Lipinski definition) is 1. The summed E-state index contributed by atoms with van der Waals surface area (Å²) in [6, 6.07) is 4.04. The van der Waals surface area contributed by atoms with Gasteiger partial charge >= 0.3 is 0 Å². The average Bonchev–Trinajstić information content (AvgIpc) is 2.07. The van der Waals surface area contributed by atoms with Crippen LogP contribution in [0.3, 0.4) is 0 Å². The van der Waals surface area contributed by atoms with Crippen molar-refractivity contribution in [2.24, 2.45) is 5.73 Å². The second kappa shape index (κ2) is 4.33. The minimum atomic E-state index is -0.801. The first-order valence-electron chi connectivity index (χ1n) is 4.29. The highest BCUT2D eigenvalue weighted by atomic mass is 19.2. The highest BCUT2D eigenvalue weighted by Gasteiger charge is 2.02. The molecule has 0 saturated carbocycles. The van der Waals surface area contributed by atoms with E-state index in [4.69, 9.17) is 5.73 Å². The lowest BCUT2D eigenvalue weighted by molar-refractivity contribution is 0.506. The molecule has 0 spiro atoms. The molecule has 0 radical (unpaired) electrons. The van der Waals surface area contributed by atoms with E-state index in [0.29, 0.717) is 6.42 Å². The zero-order valence-electron chi connectivity index (χ0n) is 7.56. The van der Waals surface area contributed by atoms with Crippen LogP contribution in [0.4, 0.5) is 8.78 Å². The molecule has 1 aromatic carbocycles. The third-order valence-corrected chi connectivity index (χ3v) is 1.87.